The van der Waals surface area contributed by atoms with Gasteiger partial charge in [-0.1, -0.05) is 84.4 Å². The maximum Gasteiger partial charge on any atom is 0.251 e. The van der Waals surface area contributed by atoms with Gasteiger partial charge in [-0.15, -0.1) is 0 Å². The summed E-state index contributed by atoms with van der Waals surface area (Å²) in [5.74, 6) is 3.46. The van der Waals surface area contributed by atoms with Gasteiger partial charge >= 0.3 is 0 Å². The van der Waals surface area contributed by atoms with E-state index in [1.54, 1.807) is 0 Å². The van der Waals surface area contributed by atoms with Gasteiger partial charge in [-0.2, -0.15) is 0 Å². The van der Waals surface area contributed by atoms with Gasteiger partial charge in [-0.05, 0) is 110 Å². The fraction of sp³-hybridized carbons (Fsp3) is 0.224. The maximum atomic E-state index is 12.7. The summed E-state index contributed by atoms with van der Waals surface area (Å²) >= 11 is 6.14. The highest BCUT2D eigenvalue weighted by Crippen LogP contribution is 2.29. The first-order valence-electron chi connectivity index (χ1n) is 20.3. The highest BCUT2D eigenvalue weighted by molar-refractivity contribution is 6.31. The quantitative estimate of drug-likeness (QED) is 0.158. The highest BCUT2D eigenvalue weighted by Gasteiger charge is 2.25. The predicted molar refractivity (Wildman–Crippen MR) is 238 cm³/mol. The van der Waals surface area contributed by atoms with Crippen LogP contribution in [0.2, 0.25) is 5.02 Å². The molecule has 59 heavy (non-hydrogen) atoms. The van der Waals surface area contributed by atoms with Crippen LogP contribution < -0.4 is 25.2 Å². The third kappa shape index (κ3) is 9.48. The van der Waals surface area contributed by atoms with Crippen molar-refractivity contribution in [2.24, 2.45) is 0 Å². The van der Waals surface area contributed by atoms with Gasteiger partial charge in [0, 0.05) is 77.6 Å². The van der Waals surface area contributed by atoms with E-state index in [9.17, 15) is 9.59 Å². The zero-order chi connectivity index (χ0) is 40.6. The topological polar surface area (TPSA) is 99.7 Å². The lowest BCUT2D eigenvalue weighted by atomic mass is 10.0. The van der Waals surface area contributed by atoms with Crippen LogP contribution in [-0.4, -0.2) is 60.0 Å². The number of nitrogens with one attached hydrogen (secondary N) is 2. The van der Waals surface area contributed by atoms with Crippen molar-refractivity contribution in [3.05, 3.63) is 168 Å². The average Bonchev–Trinajstić information content (AvgIpc) is 3.28. The minimum Gasteiger partial charge on any atom is -0.457 e. The van der Waals surface area contributed by atoms with Crippen molar-refractivity contribution in [1.82, 2.24) is 20.6 Å². The van der Waals surface area contributed by atoms with Gasteiger partial charge < -0.3 is 25.2 Å². The summed E-state index contributed by atoms with van der Waals surface area (Å²) in [6.45, 7) is 5.37. The number of anilines is 2. The van der Waals surface area contributed by atoms with Crippen LogP contribution >= 0.6 is 11.6 Å². The number of rotatable bonds is 8. The number of carbonyl (C=O) groups excluding carboxylic acids is 2. The normalized spacial score (nSPS) is 14.7. The number of fused-ring (bicyclic) bond motifs is 2. The molecule has 10 heteroatoms. The number of hydrogen-bond donors (Lipinski definition) is 2. The molecule has 2 amide bonds. The molecule has 2 aliphatic heterocycles. The van der Waals surface area contributed by atoms with Gasteiger partial charge in [-0.3, -0.25) is 9.59 Å². The van der Waals surface area contributed by atoms with Crippen molar-refractivity contribution in [2.75, 3.05) is 36.0 Å². The van der Waals surface area contributed by atoms with E-state index < -0.39 is 0 Å². The number of amides is 2. The molecule has 2 N–H and O–H groups in total. The molecule has 0 spiro atoms. The minimum atomic E-state index is -0.0447. The number of nitrogens with zero attached hydrogens (tertiary/aromatic N) is 4. The summed E-state index contributed by atoms with van der Waals surface area (Å²) < 4.78 is 5.80. The monoisotopic (exact) mass is 802 g/mol. The summed E-state index contributed by atoms with van der Waals surface area (Å²) in [5.41, 5.74) is 2.12. The predicted octanol–water partition coefficient (Wildman–Crippen LogP) is 10.0. The Kier molecular flexibility index (Phi) is 12.3. The summed E-state index contributed by atoms with van der Waals surface area (Å²) in [7, 11) is 0. The molecule has 2 aliphatic rings. The first kappa shape index (κ1) is 39.4. The van der Waals surface area contributed by atoms with Crippen molar-refractivity contribution in [3.63, 3.8) is 0 Å². The Hall–Kier alpha value is -6.45. The third-order valence-electron chi connectivity index (χ3n) is 11.2. The molecule has 0 radical (unpaired) electrons. The lowest BCUT2D eigenvalue weighted by molar-refractivity contribution is 0.0922. The minimum absolute atomic E-state index is 0.0435. The summed E-state index contributed by atoms with van der Waals surface area (Å²) in [4.78, 5) is 39.2. The zero-order valence-corrected chi connectivity index (χ0v) is 33.8. The van der Waals surface area contributed by atoms with E-state index in [0.29, 0.717) is 21.9 Å². The molecule has 2 saturated heterocycles. The second-order valence-electron chi connectivity index (χ2n) is 15.0. The van der Waals surface area contributed by atoms with Crippen LogP contribution in [0.4, 0.5) is 11.6 Å². The van der Waals surface area contributed by atoms with Crippen LogP contribution in [0.1, 0.15) is 52.0 Å². The van der Waals surface area contributed by atoms with Gasteiger partial charge in [0.1, 0.15) is 23.1 Å². The number of piperidine rings is 2. The lowest BCUT2D eigenvalue weighted by Crippen LogP contribution is -2.45. The Bertz CT molecular complexity index is 2520. The second-order valence-corrected chi connectivity index (χ2v) is 15.4. The maximum absolute atomic E-state index is 12.7. The van der Waals surface area contributed by atoms with Crippen molar-refractivity contribution in [1.29, 1.82) is 0 Å². The van der Waals surface area contributed by atoms with Gasteiger partial charge in [0.25, 0.3) is 11.8 Å². The van der Waals surface area contributed by atoms with Gasteiger partial charge in [-0.25, -0.2) is 9.97 Å². The van der Waals surface area contributed by atoms with Crippen LogP contribution in [0.25, 0.3) is 21.5 Å². The third-order valence-corrected chi connectivity index (χ3v) is 11.6. The van der Waals surface area contributed by atoms with Crippen LogP contribution in [-0.2, 0) is 0 Å². The van der Waals surface area contributed by atoms with Crippen molar-refractivity contribution < 1.29 is 14.3 Å². The van der Waals surface area contributed by atoms with Gasteiger partial charge in [0.15, 0.2) is 0 Å². The van der Waals surface area contributed by atoms with Gasteiger partial charge in [0.05, 0.1) is 0 Å². The molecule has 298 valence electrons. The van der Waals surface area contributed by atoms with E-state index in [-0.39, 0.29) is 23.9 Å². The molecule has 2 aromatic heterocycles. The highest BCUT2D eigenvalue weighted by atomic mass is 35.5. The number of halogens is 1. The molecule has 0 bridgehead atoms. The van der Waals surface area contributed by atoms with Crippen LogP contribution in [0.3, 0.4) is 0 Å². The Morgan fingerprint density at radius 3 is 1.63 bits per heavy atom. The Morgan fingerprint density at radius 2 is 1.07 bits per heavy atom. The first-order chi connectivity index (χ1) is 28.9. The number of hydrogen-bond acceptors (Lipinski definition) is 7. The molecule has 5 aromatic carbocycles. The largest absolute Gasteiger partial charge is 0.457 e. The molecule has 9 nitrogen and oxygen atoms in total. The Balaban J connectivity index is 0.000000167. The van der Waals surface area contributed by atoms with Crippen molar-refractivity contribution >= 4 is 56.6 Å². The molecule has 0 saturated carbocycles. The van der Waals surface area contributed by atoms with Crippen molar-refractivity contribution in [2.45, 2.75) is 44.7 Å². The van der Waals surface area contributed by atoms with E-state index >= 15 is 0 Å². The fourth-order valence-electron chi connectivity index (χ4n) is 7.87. The van der Waals surface area contributed by atoms with Crippen LogP contribution in [0.15, 0.2) is 146 Å². The number of pyridine rings is 2. The number of ether oxygens (including phenoxy) is 1. The van der Waals surface area contributed by atoms with Crippen LogP contribution in [0, 0.1) is 6.92 Å². The zero-order valence-electron chi connectivity index (χ0n) is 33.1. The van der Waals surface area contributed by atoms with E-state index in [1.807, 2.05) is 122 Å². The number of aromatic nitrogens is 2. The molecule has 0 aliphatic carbocycles. The SMILES string of the molecule is Cc1c(Cl)cccc1C(=O)NC1CCN(c2nccc3ccccc23)CC1.O=C(NC1CCN(c2nccc3ccccc23)CC1)c1ccc(Oc2ccccc2)cc1. The van der Waals surface area contributed by atoms with Crippen LogP contribution in [0.5, 0.6) is 11.5 Å². The smallest absolute Gasteiger partial charge is 0.251 e. The Labute approximate surface area is 350 Å². The molecule has 9 rings (SSSR count). The number of carbonyl (C=O) groups is 2. The molecule has 2 fully saturated rings. The lowest BCUT2D eigenvalue weighted by Gasteiger charge is -2.33. The Morgan fingerprint density at radius 1 is 0.576 bits per heavy atom. The van der Waals surface area contributed by atoms with E-state index in [0.717, 1.165) is 74.8 Å². The van der Waals surface area contributed by atoms with Gasteiger partial charge in [0.2, 0.25) is 0 Å². The van der Waals surface area contributed by atoms with Crippen molar-refractivity contribution in [3.8, 4) is 11.5 Å². The van der Waals surface area contributed by atoms with E-state index in [1.165, 1.54) is 21.5 Å². The number of benzene rings is 5. The molecule has 7 aromatic rings. The fourth-order valence-corrected chi connectivity index (χ4v) is 8.04. The second kappa shape index (κ2) is 18.4. The van der Waals surface area contributed by atoms with E-state index in [2.05, 4.69) is 60.7 Å². The average molecular weight is 803 g/mol. The molecule has 0 atom stereocenters. The first-order valence-corrected chi connectivity index (χ1v) is 20.6. The summed E-state index contributed by atoms with van der Waals surface area (Å²) in [5, 5.41) is 11.7. The number of para-hydroxylation sites is 1. The molecule has 0 unspecified atom stereocenters. The standard InChI is InChI=1S/C27H25N3O2.C22H22ClN3O/c31-27(21-10-12-24(13-11-21)32-23-7-2-1-3-8-23)29-22-15-18-30(19-16-22)26-25-9-5-4-6-20(25)14-17-28-26;1-15-18(7-4-8-20(15)23)22(27)25-17-10-13-26(14-11-17)21-19-6-3-2-5-16(19)9-12-24-21/h1-14,17,22H,15-16,18-19H2,(H,29,31);2-9,12,17H,10-11,13-14H2,1H3,(H,25,27). The molecular formula is C49H47ClN6O3. The van der Waals surface area contributed by atoms with E-state index in [4.69, 9.17) is 16.3 Å². The molecular weight excluding hydrogens is 756 g/mol. The molecule has 4 heterocycles. The summed E-state index contributed by atoms with van der Waals surface area (Å²) in [6.07, 6.45) is 7.33. The summed E-state index contributed by atoms with van der Waals surface area (Å²) in [6, 6.07) is 43.4.